The molecule has 0 bridgehead atoms. The van der Waals surface area contributed by atoms with Crippen LogP contribution in [0.1, 0.15) is 41.6 Å². The van der Waals surface area contributed by atoms with Crippen LogP contribution in [0.5, 0.6) is 0 Å². The van der Waals surface area contributed by atoms with Gasteiger partial charge in [-0.3, -0.25) is 9.69 Å². The molecule has 2 aliphatic rings. The molecule has 164 valence electrons. The summed E-state index contributed by atoms with van der Waals surface area (Å²) in [6.45, 7) is 1.90. The largest absolute Gasteiger partial charge is 0.355 e. The number of hydrogen-bond donors (Lipinski definition) is 2. The zero-order valence-electron chi connectivity index (χ0n) is 17.8. The zero-order valence-corrected chi connectivity index (χ0v) is 18.6. The lowest BCUT2D eigenvalue weighted by Gasteiger charge is -2.42. The number of carbonyl (C=O) groups excluding carboxylic acids is 2. The monoisotopic (exact) mass is 440 g/mol. The lowest BCUT2D eigenvalue weighted by atomic mass is 9.68. The van der Waals surface area contributed by atoms with Crippen molar-refractivity contribution in [2.75, 3.05) is 31.6 Å². The van der Waals surface area contributed by atoms with Crippen LogP contribution < -0.4 is 16.0 Å². The van der Waals surface area contributed by atoms with Gasteiger partial charge in [-0.1, -0.05) is 29.8 Å². The summed E-state index contributed by atoms with van der Waals surface area (Å²) in [5.41, 5.74) is 8.67. The van der Waals surface area contributed by atoms with Crippen LogP contribution in [0, 0.1) is 0 Å². The van der Waals surface area contributed by atoms with Crippen LogP contribution in [0.15, 0.2) is 48.5 Å². The number of amides is 3. The first-order chi connectivity index (χ1) is 15.0. The fourth-order valence-corrected chi connectivity index (χ4v) is 5.18. The highest BCUT2D eigenvalue weighted by atomic mass is 35.5. The van der Waals surface area contributed by atoms with E-state index in [1.165, 1.54) is 5.56 Å². The molecule has 2 aromatic carbocycles. The van der Waals surface area contributed by atoms with Gasteiger partial charge in [-0.2, -0.15) is 0 Å². The highest BCUT2D eigenvalue weighted by Gasteiger charge is 2.41. The average Bonchev–Trinajstić information content (AvgIpc) is 3.20. The molecule has 0 radical (unpaired) electrons. The first-order valence-electron chi connectivity index (χ1n) is 10.8. The van der Waals surface area contributed by atoms with Gasteiger partial charge in [0.15, 0.2) is 0 Å². The minimum atomic E-state index is -0.156. The van der Waals surface area contributed by atoms with Gasteiger partial charge in [-0.05, 0) is 61.6 Å². The van der Waals surface area contributed by atoms with E-state index in [1.54, 1.807) is 24.1 Å². The van der Waals surface area contributed by atoms with Gasteiger partial charge in [0.05, 0.1) is 0 Å². The number of nitrogens with one attached hydrogen (secondary N) is 1. The first-order valence-corrected chi connectivity index (χ1v) is 11.2. The molecule has 31 heavy (non-hydrogen) atoms. The second kappa shape index (κ2) is 8.89. The lowest BCUT2D eigenvalue weighted by Crippen LogP contribution is -2.46. The molecule has 1 heterocycles. The Morgan fingerprint density at radius 2 is 1.90 bits per heavy atom. The Labute approximate surface area is 188 Å². The number of halogens is 1. The van der Waals surface area contributed by atoms with Crippen LogP contribution >= 0.6 is 11.6 Å². The highest BCUT2D eigenvalue weighted by Crippen LogP contribution is 2.41. The average molecular weight is 441 g/mol. The van der Waals surface area contributed by atoms with E-state index in [-0.39, 0.29) is 23.4 Å². The van der Waals surface area contributed by atoms with Gasteiger partial charge >= 0.3 is 6.03 Å². The molecular formula is C24H29ClN4O2. The van der Waals surface area contributed by atoms with E-state index in [4.69, 9.17) is 17.3 Å². The first kappa shape index (κ1) is 21.7. The summed E-state index contributed by atoms with van der Waals surface area (Å²) < 4.78 is 0. The minimum Gasteiger partial charge on any atom is -0.355 e. The third-order valence-corrected chi connectivity index (χ3v) is 7.10. The summed E-state index contributed by atoms with van der Waals surface area (Å²) in [4.78, 5) is 28.9. The topological polar surface area (TPSA) is 78.7 Å². The molecule has 1 aliphatic heterocycles. The maximum atomic E-state index is 13.2. The van der Waals surface area contributed by atoms with Crippen LogP contribution in [0.25, 0.3) is 0 Å². The van der Waals surface area contributed by atoms with Crippen molar-refractivity contribution in [3.05, 3.63) is 64.7 Å². The Kier molecular flexibility index (Phi) is 6.21. The second-order valence-electron chi connectivity index (χ2n) is 8.48. The summed E-state index contributed by atoms with van der Waals surface area (Å²) in [6, 6.07) is 15.5. The minimum absolute atomic E-state index is 0.0158. The van der Waals surface area contributed by atoms with Crippen LogP contribution in [-0.2, 0) is 5.41 Å². The fourth-order valence-electron chi connectivity index (χ4n) is 4.99. The molecule has 0 aromatic heterocycles. The summed E-state index contributed by atoms with van der Waals surface area (Å²) in [5, 5.41) is 3.36. The van der Waals surface area contributed by atoms with Gasteiger partial charge in [0.25, 0.3) is 5.91 Å². The van der Waals surface area contributed by atoms with Crippen molar-refractivity contribution >= 4 is 29.2 Å². The number of carbonyl (C=O) groups is 2. The predicted octanol–water partition coefficient (Wildman–Crippen LogP) is 3.78. The molecule has 7 heteroatoms. The molecule has 0 atom stereocenters. The molecule has 0 spiro atoms. The molecule has 3 N–H and O–H groups in total. The van der Waals surface area contributed by atoms with Crippen LogP contribution in [0.4, 0.5) is 10.5 Å². The Morgan fingerprint density at radius 1 is 1.16 bits per heavy atom. The van der Waals surface area contributed by atoms with Gasteiger partial charge in [0.2, 0.25) is 0 Å². The predicted molar refractivity (Wildman–Crippen MR) is 124 cm³/mol. The smallest absolute Gasteiger partial charge is 0.324 e. The maximum absolute atomic E-state index is 13.2. The summed E-state index contributed by atoms with van der Waals surface area (Å²) in [7, 11) is 1.60. The Morgan fingerprint density at radius 3 is 2.58 bits per heavy atom. The molecule has 2 aromatic rings. The van der Waals surface area contributed by atoms with Crippen LogP contribution in [-0.4, -0.2) is 49.6 Å². The number of hydrogen-bond acceptors (Lipinski definition) is 3. The lowest BCUT2D eigenvalue weighted by molar-refractivity contribution is 0.0963. The van der Waals surface area contributed by atoms with E-state index in [0.29, 0.717) is 25.2 Å². The molecule has 3 amide bonds. The quantitative estimate of drug-likeness (QED) is 0.742. The number of rotatable bonds is 5. The van der Waals surface area contributed by atoms with Crippen molar-refractivity contribution in [1.82, 2.24) is 10.2 Å². The molecule has 0 unspecified atom stereocenters. The molecule has 6 nitrogen and oxygen atoms in total. The van der Waals surface area contributed by atoms with E-state index in [1.807, 2.05) is 35.2 Å². The van der Waals surface area contributed by atoms with E-state index >= 15 is 0 Å². The van der Waals surface area contributed by atoms with Crippen molar-refractivity contribution in [2.24, 2.45) is 5.73 Å². The van der Waals surface area contributed by atoms with E-state index < -0.39 is 0 Å². The van der Waals surface area contributed by atoms with Crippen LogP contribution in [0.3, 0.4) is 0 Å². The molecular weight excluding hydrogens is 412 g/mol. The van der Waals surface area contributed by atoms with Crippen molar-refractivity contribution in [2.45, 2.75) is 37.1 Å². The summed E-state index contributed by atoms with van der Waals surface area (Å²) >= 11 is 6.22. The Balaban J connectivity index is 1.45. The highest BCUT2D eigenvalue weighted by molar-refractivity contribution is 6.30. The number of nitrogens with two attached hydrogens (primary N) is 1. The zero-order chi connectivity index (χ0) is 22.0. The van der Waals surface area contributed by atoms with E-state index in [9.17, 15) is 9.59 Å². The number of anilines is 1. The SMILES string of the molecule is CNC(=O)c1cccc(N2CCN(C3CCC(CN)(c4cccc(Cl)c4)CC3)C2=O)c1. The second-order valence-corrected chi connectivity index (χ2v) is 8.92. The Hall–Kier alpha value is -2.57. The van der Waals surface area contributed by atoms with Gasteiger partial charge in [0, 0.05) is 54.4 Å². The molecule has 1 saturated heterocycles. The standard InChI is InChI=1S/C24H29ClN4O2/c1-27-22(30)17-4-2-7-21(14-17)29-13-12-28(23(29)31)20-8-10-24(16-26,11-9-20)18-5-3-6-19(25)15-18/h2-7,14-15,20H,8-13,16,26H2,1H3,(H,27,30). The Bertz CT molecular complexity index is 972. The van der Waals surface area contributed by atoms with E-state index in [2.05, 4.69) is 11.4 Å². The number of benzene rings is 2. The van der Waals surface area contributed by atoms with Gasteiger partial charge in [-0.15, -0.1) is 0 Å². The third-order valence-electron chi connectivity index (χ3n) is 6.87. The molecule has 1 saturated carbocycles. The van der Waals surface area contributed by atoms with Gasteiger partial charge in [-0.25, -0.2) is 4.79 Å². The maximum Gasteiger partial charge on any atom is 0.324 e. The molecule has 1 aliphatic carbocycles. The van der Waals surface area contributed by atoms with Gasteiger partial charge in [0.1, 0.15) is 0 Å². The number of urea groups is 1. The van der Waals surface area contributed by atoms with Crippen LogP contribution in [0.2, 0.25) is 5.02 Å². The van der Waals surface area contributed by atoms with Crippen molar-refractivity contribution in [3.63, 3.8) is 0 Å². The molecule has 2 fully saturated rings. The van der Waals surface area contributed by atoms with Gasteiger partial charge < -0.3 is 16.0 Å². The summed E-state index contributed by atoms with van der Waals surface area (Å²) in [5.74, 6) is -0.156. The third kappa shape index (κ3) is 4.14. The fraction of sp³-hybridized carbons (Fsp3) is 0.417. The normalized spacial score (nSPS) is 23.8. The van der Waals surface area contributed by atoms with Crippen molar-refractivity contribution in [1.29, 1.82) is 0 Å². The number of nitrogens with zero attached hydrogens (tertiary/aromatic N) is 2. The van der Waals surface area contributed by atoms with E-state index in [0.717, 1.165) is 36.4 Å². The van der Waals surface area contributed by atoms with Crippen molar-refractivity contribution in [3.8, 4) is 0 Å². The molecule has 4 rings (SSSR count). The van der Waals surface area contributed by atoms with Crippen molar-refractivity contribution < 1.29 is 9.59 Å². The summed E-state index contributed by atoms with van der Waals surface area (Å²) in [6.07, 6.45) is 3.71.